The average Bonchev–Trinajstić information content (AvgIpc) is 3.15. The van der Waals surface area contributed by atoms with Gasteiger partial charge in [-0.2, -0.15) is 0 Å². The summed E-state index contributed by atoms with van der Waals surface area (Å²) in [6.07, 6.45) is 8.89. The molecule has 1 amide bonds. The summed E-state index contributed by atoms with van der Waals surface area (Å²) in [6, 6.07) is 0.451. The molecule has 2 heterocycles. The zero-order valence-electron chi connectivity index (χ0n) is 11.9. The van der Waals surface area contributed by atoms with Crippen LogP contribution in [0.15, 0.2) is 12.4 Å². The average molecular weight is 277 g/mol. The third kappa shape index (κ3) is 3.79. The van der Waals surface area contributed by atoms with Crippen LogP contribution in [-0.2, 0) is 11.3 Å². The number of hydrogen-bond donors (Lipinski definition) is 1. The van der Waals surface area contributed by atoms with Crippen LogP contribution in [0.1, 0.15) is 32.1 Å². The molecular weight excluding hydrogens is 254 g/mol. The SMILES string of the molecule is O=C1CC[C@H](NCCn2ccnn2)CCN1CC1CC1. The van der Waals surface area contributed by atoms with Gasteiger partial charge in [0.25, 0.3) is 0 Å². The number of nitrogens with one attached hydrogen (secondary N) is 1. The molecule has 0 spiro atoms. The smallest absolute Gasteiger partial charge is 0.222 e. The second-order valence-corrected chi connectivity index (χ2v) is 5.93. The maximum Gasteiger partial charge on any atom is 0.222 e. The standard InChI is InChI=1S/C14H23N5O/c20-14-4-3-13(5-8-18(14)11-12-1-2-12)15-6-9-19-10-7-16-17-19/h7,10,12-13,15H,1-6,8-9,11H2/t13-/m0/s1. The topological polar surface area (TPSA) is 63.1 Å². The van der Waals surface area contributed by atoms with E-state index in [0.29, 0.717) is 18.4 Å². The Balaban J connectivity index is 1.40. The third-order valence-corrected chi connectivity index (χ3v) is 4.23. The van der Waals surface area contributed by atoms with Crippen LogP contribution in [0.25, 0.3) is 0 Å². The minimum Gasteiger partial charge on any atom is -0.342 e. The summed E-state index contributed by atoms with van der Waals surface area (Å²) in [4.78, 5) is 14.1. The van der Waals surface area contributed by atoms with Crippen molar-refractivity contribution in [2.75, 3.05) is 19.6 Å². The number of likely N-dealkylation sites (tertiary alicyclic amines) is 1. The van der Waals surface area contributed by atoms with E-state index < -0.39 is 0 Å². The van der Waals surface area contributed by atoms with E-state index in [2.05, 4.69) is 20.5 Å². The van der Waals surface area contributed by atoms with Crippen LogP contribution in [0.3, 0.4) is 0 Å². The second-order valence-electron chi connectivity index (χ2n) is 5.93. The molecule has 2 aliphatic rings. The fourth-order valence-electron chi connectivity index (χ4n) is 2.78. The third-order valence-electron chi connectivity index (χ3n) is 4.23. The fourth-order valence-corrected chi connectivity index (χ4v) is 2.78. The summed E-state index contributed by atoms with van der Waals surface area (Å²) < 4.78 is 1.83. The van der Waals surface area contributed by atoms with Crippen molar-refractivity contribution in [1.82, 2.24) is 25.2 Å². The number of carbonyl (C=O) groups is 1. The lowest BCUT2D eigenvalue weighted by atomic mass is 10.1. The Bertz CT molecular complexity index is 429. The molecule has 20 heavy (non-hydrogen) atoms. The zero-order chi connectivity index (χ0) is 13.8. The Labute approximate surface area is 119 Å². The van der Waals surface area contributed by atoms with Crippen LogP contribution >= 0.6 is 0 Å². The monoisotopic (exact) mass is 277 g/mol. The molecule has 1 aromatic rings. The fraction of sp³-hybridized carbons (Fsp3) is 0.786. The first-order valence-corrected chi connectivity index (χ1v) is 7.66. The molecule has 1 N–H and O–H groups in total. The van der Waals surface area contributed by atoms with Gasteiger partial charge in [-0.25, -0.2) is 0 Å². The van der Waals surface area contributed by atoms with Crippen molar-refractivity contribution < 1.29 is 4.79 Å². The van der Waals surface area contributed by atoms with Gasteiger partial charge in [-0.1, -0.05) is 5.21 Å². The molecule has 6 heteroatoms. The summed E-state index contributed by atoms with van der Waals surface area (Å²) in [5, 5.41) is 11.3. The van der Waals surface area contributed by atoms with Crippen LogP contribution < -0.4 is 5.32 Å². The van der Waals surface area contributed by atoms with E-state index >= 15 is 0 Å². The number of aromatic nitrogens is 3. The van der Waals surface area contributed by atoms with Gasteiger partial charge >= 0.3 is 0 Å². The van der Waals surface area contributed by atoms with E-state index in [9.17, 15) is 4.79 Å². The second kappa shape index (κ2) is 6.35. The van der Waals surface area contributed by atoms with E-state index in [1.165, 1.54) is 12.8 Å². The molecule has 1 saturated carbocycles. The highest BCUT2D eigenvalue weighted by Gasteiger charge is 2.28. The predicted molar refractivity (Wildman–Crippen MR) is 75.0 cm³/mol. The van der Waals surface area contributed by atoms with Crippen molar-refractivity contribution in [3.05, 3.63) is 12.4 Å². The van der Waals surface area contributed by atoms with Gasteiger partial charge in [0, 0.05) is 38.3 Å². The van der Waals surface area contributed by atoms with Gasteiger partial charge in [0.05, 0.1) is 12.7 Å². The Kier molecular flexibility index (Phi) is 4.30. The first-order chi connectivity index (χ1) is 9.81. The minimum absolute atomic E-state index is 0.345. The summed E-state index contributed by atoms with van der Waals surface area (Å²) in [5.74, 6) is 1.13. The van der Waals surface area contributed by atoms with Crippen molar-refractivity contribution in [2.45, 2.75) is 44.7 Å². The molecule has 110 valence electrons. The van der Waals surface area contributed by atoms with Crippen LogP contribution in [0.4, 0.5) is 0 Å². The van der Waals surface area contributed by atoms with Crippen molar-refractivity contribution in [3.8, 4) is 0 Å². The normalized spacial score (nSPS) is 23.9. The van der Waals surface area contributed by atoms with Crippen molar-refractivity contribution in [3.63, 3.8) is 0 Å². The highest BCUT2D eigenvalue weighted by molar-refractivity contribution is 5.76. The van der Waals surface area contributed by atoms with Crippen LogP contribution in [-0.4, -0.2) is 51.5 Å². The van der Waals surface area contributed by atoms with Gasteiger partial charge in [-0.15, -0.1) is 5.10 Å². The maximum atomic E-state index is 12.1. The minimum atomic E-state index is 0.345. The largest absolute Gasteiger partial charge is 0.342 e. The van der Waals surface area contributed by atoms with Crippen LogP contribution in [0.5, 0.6) is 0 Å². The molecule has 1 aromatic heterocycles. The lowest BCUT2D eigenvalue weighted by Gasteiger charge is -2.20. The number of hydrogen-bond acceptors (Lipinski definition) is 4. The summed E-state index contributed by atoms with van der Waals surface area (Å²) in [5.41, 5.74) is 0. The number of nitrogens with zero attached hydrogens (tertiary/aromatic N) is 4. The molecule has 0 bridgehead atoms. The number of carbonyl (C=O) groups excluding carboxylic acids is 1. The lowest BCUT2D eigenvalue weighted by molar-refractivity contribution is -0.130. The highest BCUT2D eigenvalue weighted by atomic mass is 16.2. The first-order valence-electron chi connectivity index (χ1n) is 7.66. The van der Waals surface area contributed by atoms with E-state index in [1.54, 1.807) is 6.20 Å². The van der Waals surface area contributed by atoms with E-state index in [1.807, 2.05) is 10.9 Å². The van der Waals surface area contributed by atoms with Gasteiger partial charge in [-0.05, 0) is 31.6 Å². The number of rotatable bonds is 6. The summed E-state index contributed by atoms with van der Waals surface area (Å²) in [7, 11) is 0. The Morgan fingerprint density at radius 1 is 1.30 bits per heavy atom. The van der Waals surface area contributed by atoms with Gasteiger partial charge in [-0.3, -0.25) is 9.48 Å². The highest BCUT2D eigenvalue weighted by Crippen LogP contribution is 2.30. The van der Waals surface area contributed by atoms with Gasteiger partial charge in [0.2, 0.25) is 5.91 Å². The zero-order valence-corrected chi connectivity index (χ0v) is 11.9. The molecule has 1 saturated heterocycles. The lowest BCUT2D eigenvalue weighted by Crippen LogP contribution is -2.34. The molecule has 1 aliphatic carbocycles. The van der Waals surface area contributed by atoms with Crippen molar-refractivity contribution in [2.24, 2.45) is 5.92 Å². The van der Waals surface area contributed by atoms with E-state index in [-0.39, 0.29) is 0 Å². The molecule has 1 aliphatic heterocycles. The molecule has 6 nitrogen and oxygen atoms in total. The van der Waals surface area contributed by atoms with Gasteiger partial charge in [0.1, 0.15) is 0 Å². The van der Waals surface area contributed by atoms with Crippen molar-refractivity contribution >= 4 is 5.91 Å². The molecule has 0 radical (unpaired) electrons. The van der Waals surface area contributed by atoms with Gasteiger partial charge < -0.3 is 10.2 Å². The molecule has 2 fully saturated rings. The van der Waals surface area contributed by atoms with Crippen LogP contribution in [0, 0.1) is 5.92 Å². The molecular formula is C14H23N5O. The maximum absolute atomic E-state index is 12.1. The summed E-state index contributed by atoms with van der Waals surface area (Å²) >= 11 is 0. The van der Waals surface area contributed by atoms with Crippen LogP contribution in [0.2, 0.25) is 0 Å². The first kappa shape index (κ1) is 13.5. The molecule has 0 unspecified atom stereocenters. The molecule has 3 rings (SSSR count). The summed E-state index contributed by atoms with van der Waals surface area (Å²) in [6.45, 7) is 3.61. The Morgan fingerprint density at radius 2 is 2.20 bits per heavy atom. The Morgan fingerprint density at radius 3 is 2.95 bits per heavy atom. The van der Waals surface area contributed by atoms with Crippen molar-refractivity contribution in [1.29, 1.82) is 0 Å². The molecule has 0 aromatic carbocycles. The Hall–Kier alpha value is -1.43. The number of amides is 1. The predicted octanol–water partition coefficient (Wildman–Crippen LogP) is 0.659. The van der Waals surface area contributed by atoms with E-state index in [4.69, 9.17) is 0 Å². The molecule has 1 atom stereocenters. The van der Waals surface area contributed by atoms with Gasteiger partial charge in [0.15, 0.2) is 0 Å². The quantitative estimate of drug-likeness (QED) is 0.829. The van der Waals surface area contributed by atoms with E-state index in [0.717, 1.165) is 44.9 Å².